The van der Waals surface area contributed by atoms with Crippen LogP contribution in [0.5, 0.6) is 0 Å². The monoisotopic (exact) mass is 315 g/mol. The minimum absolute atomic E-state index is 0.0306. The first-order valence-electron chi connectivity index (χ1n) is 8.27. The number of allylic oxidation sites excluding steroid dienone is 1. The van der Waals surface area contributed by atoms with E-state index in [0.29, 0.717) is 25.3 Å². The molecule has 1 saturated heterocycles. The number of piperidine rings is 1. The fourth-order valence-corrected chi connectivity index (χ4v) is 3.21. The zero-order valence-electron chi connectivity index (χ0n) is 13.5. The van der Waals surface area contributed by atoms with Crippen molar-refractivity contribution in [2.45, 2.75) is 38.0 Å². The number of likely N-dealkylation sites (tertiary alicyclic amines) is 1. The molecule has 0 bridgehead atoms. The van der Waals surface area contributed by atoms with E-state index in [-0.39, 0.29) is 18.2 Å². The molecule has 0 saturated carbocycles. The lowest BCUT2D eigenvalue weighted by Gasteiger charge is -2.33. The van der Waals surface area contributed by atoms with E-state index in [0.717, 1.165) is 24.9 Å². The van der Waals surface area contributed by atoms with Crippen LogP contribution in [0.15, 0.2) is 43.0 Å². The lowest BCUT2D eigenvalue weighted by Crippen LogP contribution is -2.40. The van der Waals surface area contributed by atoms with Crippen LogP contribution in [0.25, 0.3) is 0 Å². The van der Waals surface area contributed by atoms with E-state index in [2.05, 4.69) is 6.58 Å². The lowest BCUT2D eigenvalue weighted by molar-refractivity contribution is -0.137. The van der Waals surface area contributed by atoms with Crippen LogP contribution < -0.4 is 0 Å². The third kappa shape index (κ3) is 5.23. The van der Waals surface area contributed by atoms with Gasteiger partial charge in [0, 0.05) is 31.8 Å². The van der Waals surface area contributed by atoms with E-state index in [9.17, 15) is 9.59 Å². The summed E-state index contributed by atoms with van der Waals surface area (Å²) >= 11 is 0. The molecular formula is C19H25NO3. The van der Waals surface area contributed by atoms with E-state index >= 15 is 0 Å². The van der Waals surface area contributed by atoms with Gasteiger partial charge in [0.05, 0.1) is 0 Å². The van der Waals surface area contributed by atoms with Crippen LogP contribution in [0.1, 0.15) is 43.6 Å². The van der Waals surface area contributed by atoms with Gasteiger partial charge in [0.25, 0.3) is 0 Å². The summed E-state index contributed by atoms with van der Waals surface area (Å²) in [6.07, 6.45) is 5.08. The minimum Gasteiger partial charge on any atom is -0.481 e. The second-order valence-corrected chi connectivity index (χ2v) is 6.24. The number of benzene rings is 1. The molecule has 0 spiro atoms. The van der Waals surface area contributed by atoms with Crippen molar-refractivity contribution in [3.05, 3.63) is 48.6 Å². The normalized spacial score (nSPS) is 19.1. The Kier molecular flexibility index (Phi) is 6.39. The van der Waals surface area contributed by atoms with Gasteiger partial charge in [-0.3, -0.25) is 9.59 Å². The average molecular weight is 315 g/mol. The van der Waals surface area contributed by atoms with E-state index in [4.69, 9.17) is 5.11 Å². The highest BCUT2D eigenvalue weighted by Gasteiger charge is 2.25. The summed E-state index contributed by atoms with van der Waals surface area (Å²) in [5.41, 5.74) is 1.11. The molecule has 1 fully saturated rings. The molecule has 1 amide bonds. The Morgan fingerprint density at radius 3 is 2.74 bits per heavy atom. The first-order chi connectivity index (χ1) is 11.1. The van der Waals surface area contributed by atoms with Crippen LogP contribution >= 0.6 is 0 Å². The number of hydrogen-bond acceptors (Lipinski definition) is 2. The summed E-state index contributed by atoms with van der Waals surface area (Å²) in [4.78, 5) is 25.2. The standard InChI is InChI=1S/C19H25NO3/c1-2-16(17-8-4-3-5-9-17)13-18(21)20-12-6-7-15(14-20)10-11-19(22)23/h2-5,8-9,15-16H,1,6-7,10-14H2,(H,22,23). The summed E-state index contributed by atoms with van der Waals surface area (Å²) in [7, 11) is 0. The third-order valence-corrected chi connectivity index (χ3v) is 4.54. The number of carboxylic acid groups (broad SMARTS) is 1. The van der Waals surface area contributed by atoms with Gasteiger partial charge in [-0.25, -0.2) is 0 Å². The van der Waals surface area contributed by atoms with Crippen LogP contribution in [0.2, 0.25) is 0 Å². The van der Waals surface area contributed by atoms with Crippen LogP contribution in [0, 0.1) is 5.92 Å². The van der Waals surface area contributed by atoms with Gasteiger partial charge in [0.1, 0.15) is 0 Å². The molecule has 4 nitrogen and oxygen atoms in total. The van der Waals surface area contributed by atoms with E-state index < -0.39 is 5.97 Å². The predicted octanol–water partition coefficient (Wildman–Crippen LogP) is 3.45. The van der Waals surface area contributed by atoms with Crippen molar-refractivity contribution >= 4 is 11.9 Å². The molecule has 23 heavy (non-hydrogen) atoms. The van der Waals surface area contributed by atoms with E-state index in [1.165, 1.54) is 0 Å². The molecule has 1 aliphatic rings. The number of hydrogen-bond donors (Lipinski definition) is 1. The highest BCUT2D eigenvalue weighted by atomic mass is 16.4. The van der Waals surface area contributed by atoms with Crippen molar-refractivity contribution in [1.29, 1.82) is 0 Å². The Morgan fingerprint density at radius 2 is 2.09 bits per heavy atom. The van der Waals surface area contributed by atoms with Gasteiger partial charge >= 0.3 is 5.97 Å². The molecule has 0 aromatic heterocycles. The van der Waals surface area contributed by atoms with Gasteiger partial charge in [-0.05, 0) is 30.7 Å². The van der Waals surface area contributed by atoms with Crippen LogP contribution in [0.4, 0.5) is 0 Å². The number of nitrogens with zero attached hydrogens (tertiary/aromatic N) is 1. The number of rotatable bonds is 7. The van der Waals surface area contributed by atoms with Crippen LogP contribution in [-0.4, -0.2) is 35.0 Å². The molecule has 0 radical (unpaired) electrons. The molecule has 2 rings (SSSR count). The molecule has 1 N–H and O–H groups in total. The fraction of sp³-hybridized carbons (Fsp3) is 0.474. The van der Waals surface area contributed by atoms with Gasteiger partial charge < -0.3 is 10.0 Å². The maximum atomic E-state index is 12.6. The number of amides is 1. The van der Waals surface area contributed by atoms with E-state index in [1.807, 2.05) is 41.3 Å². The Balaban J connectivity index is 1.91. The average Bonchev–Trinajstić information content (AvgIpc) is 2.58. The Hall–Kier alpha value is -2.10. The molecule has 2 unspecified atom stereocenters. The Labute approximate surface area is 137 Å². The summed E-state index contributed by atoms with van der Waals surface area (Å²) in [5, 5.41) is 8.80. The predicted molar refractivity (Wildman–Crippen MR) is 90.2 cm³/mol. The summed E-state index contributed by atoms with van der Waals surface area (Å²) in [6.45, 7) is 5.33. The van der Waals surface area contributed by atoms with Crippen LogP contribution in [-0.2, 0) is 9.59 Å². The maximum Gasteiger partial charge on any atom is 0.303 e. The zero-order chi connectivity index (χ0) is 16.7. The minimum atomic E-state index is -0.760. The second-order valence-electron chi connectivity index (χ2n) is 6.24. The lowest BCUT2D eigenvalue weighted by atomic mass is 9.91. The van der Waals surface area contributed by atoms with Gasteiger partial charge in [0.15, 0.2) is 0 Å². The van der Waals surface area contributed by atoms with Crippen molar-refractivity contribution < 1.29 is 14.7 Å². The van der Waals surface area contributed by atoms with Gasteiger partial charge in [-0.2, -0.15) is 0 Å². The summed E-state index contributed by atoms with van der Waals surface area (Å²) in [5.74, 6) is -0.283. The zero-order valence-corrected chi connectivity index (χ0v) is 13.5. The SMILES string of the molecule is C=CC(CC(=O)N1CCCC(CCC(=O)O)C1)c1ccccc1. The maximum absolute atomic E-state index is 12.6. The van der Waals surface area contributed by atoms with Crippen molar-refractivity contribution in [3.63, 3.8) is 0 Å². The highest BCUT2D eigenvalue weighted by Crippen LogP contribution is 2.25. The number of carbonyl (C=O) groups excluding carboxylic acids is 1. The number of aliphatic carboxylic acids is 1. The van der Waals surface area contributed by atoms with Gasteiger partial charge in [0.2, 0.25) is 5.91 Å². The van der Waals surface area contributed by atoms with Crippen molar-refractivity contribution in [3.8, 4) is 0 Å². The van der Waals surface area contributed by atoms with Crippen molar-refractivity contribution in [2.24, 2.45) is 5.92 Å². The molecule has 1 aromatic carbocycles. The quantitative estimate of drug-likeness (QED) is 0.784. The molecule has 1 aliphatic heterocycles. The first kappa shape index (κ1) is 17.3. The number of carboxylic acids is 1. The van der Waals surface area contributed by atoms with Crippen LogP contribution in [0.3, 0.4) is 0 Å². The second kappa shape index (κ2) is 8.51. The number of carbonyl (C=O) groups is 2. The van der Waals surface area contributed by atoms with Crippen molar-refractivity contribution in [1.82, 2.24) is 4.90 Å². The highest BCUT2D eigenvalue weighted by molar-refractivity contribution is 5.77. The largest absolute Gasteiger partial charge is 0.481 e. The summed E-state index contributed by atoms with van der Waals surface area (Å²) < 4.78 is 0. The first-order valence-corrected chi connectivity index (χ1v) is 8.27. The van der Waals surface area contributed by atoms with E-state index in [1.54, 1.807) is 0 Å². The Morgan fingerprint density at radius 1 is 1.35 bits per heavy atom. The van der Waals surface area contributed by atoms with Crippen molar-refractivity contribution in [2.75, 3.05) is 13.1 Å². The molecule has 0 aliphatic carbocycles. The summed E-state index contributed by atoms with van der Waals surface area (Å²) in [6, 6.07) is 9.94. The Bertz CT molecular complexity index is 541. The van der Waals surface area contributed by atoms with Gasteiger partial charge in [-0.1, -0.05) is 36.4 Å². The molecule has 2 atom stereocenters. The fourth-order valence-electron chi connectivity index (χ4n) is 3.21. The molecule has 1 heterocycles. The topological polar surface area (TPSA) is 57.6 Å². The molecule has 1 aromatic rings. The van der Waals surface area contributed by atoms with Gasteiger partial charge in [-0.15, -0.1) is 6.58 Å². The molecule has 4 heteroatoms. The molecular weight excluding hydrogens is 290 g/mol. The third-order valence-electron chi connectivity index (χ3n) is 4.54. The smallest absolute Gasteiger partial charge is 0.303 e. The molecule has 124 valence electrons.